The van der Waals surface area contributed by atoms with E-state index < -0.39 is 0 Å². The van der Waals surface area contributed by atoms with E-state index in [1.165, 1.54) is 76.8 Å². The van der Waals surface area contributed by atoms with Gasteiger partial charge in [0.2, 0.25) is 0 Å². The Balaban J connectivity index is 0.000000134. The molecule has 20 rings (SSSR count). The first-order valence-corrected chi connectivity index (χ1v) is 40.3. The maximum absolute atomic E-state index is 7.41. The van der Waals surface area contributed by atoms with Gasteiger partial charge < -0.3 is 29.5 Å². The molecule has 0 aromatic heterocycles. The van der Waals surface area contributed by atoms with Gasteiger partial charge in [0, 0.05) is 72.2 Å². The molecular weight excluding hydrogens is 1510 g/mol. The molecule has 6 nitrogen and oxygen atoms in total. The Bertz CT molecular complexity index is 6420. The fraction of sp³-hybridized carbons (Fsp3) is 0.0566. The largest absolute Gasteiger partial charge is 0.456 e. The Hall–Kier alpha value is -13.1. The van der Waals surface area contributed by atoms with Crippen molar-refractivity contribution in [2.45, 2.75) is 38.5 Å². The number of rotatable bonds is 15. The smallest absolute Gasteiger partial charge is 0.148 e. The molecule has 0 saturated carbocycles. The summed E-state index contributed by atoms with van der Waals surface area (Å²) in [6.07, 6.45) is 0. The first-order chi connectivity index (χ1) is 56.2. The molecule has 0 amide bonds. The lowest BCUT2D eigenvalue weighted by Gasteiger charge is -2.28. The van der Waals surface area contributed by atoms with Gasteiger partial charge in [-0.05, 0) is 273 Å². The maximum Gasteiger partial charge on any atom is 0.148 e. The van der Waals surface area contributed by atoms with Crippen LogP contribution in [-0.2, 0) is 10.8 Å². The number of fused-ring (bicyclic) bond motifs is 10. The normalized spacial score (nSPS) is 12.4. The molecule has 0 unspecified atom stereocenters. The zero-order valence-electron chi connectivity index (χ0n) is 63.9. The van der Waals surface area contributed by atoms with E-state index in [-0.39, 0.29) is 10.8 Å². The number of benzene rings is 18. The molecule has 2 aliphatic carbocycles. The minimum absolute atomic E-state index is 0.147. The summed E-state index contributed by atoms with van der Waals surface area (Å²) in [5.74, 6) is 2.72. The highest BCUT2D eigenvalue weighted by atomic mass is 79.9. The van der Waals surface area contributed by atoms with Crippen molar-refractivity contribution in [3.8, 4) is 45.3 Å². The van der Waals surface area contributed by atoms with Crippen LogP contribution >= 0.6 is 39.1 Å². The van der Waals surface area contributed by atoms with Gasteiger partial charge in [-0.25, -0.2) is 0 Å². The van der Waals surface area contributed by atoms with Crippen molar-refractivity contribution in [3.63, 3.8) is 0 Å². The van der Waals surface area contributed by atoms with Gasteiger partial charge in [-0.2, -0.15) is 0 Å². The second-order valence-corrected chi connectivity index (χ2v) is 31.7. The average Bonchev–Trinajstić information content (AvgIpc) is 1.58. The van der Waals surface area contributed by atoms with E-state index >= 15 is 0 Å². The van der Waals surface area contributed by atoms with Crippen LogP contribution in [0, 0.1) is 0 Å². The third-order valence-electron chi connectivity index (χ3n) is 22.2. The van der Waals surface area contributed by atoms with Gasteiger partial charge in [0.05, 0.1) is 10.7 Å². The van der Waals surface area contributed by atoms with E-state index in [0.29, 0.717) is 21.5 Å². The van der Waals surface area contributed by atoms with Crippen molar-refractivity contribution < 1.29 is 9.47 Å². The number of halogens is 3. The molecule has 0 fully saturated rings. The summed E-state index contributed by atoms with van der Waals surface area (Å²) < 4.78 is 13.8. The van der Waals surface area contributed by atoms with Crippen LogP contribution in [0.3, 0.4) is 0 Å². The van der Waals surface area contributed by atoms with Crippen molar-refractivity contribution in [2.24, 2.45) is 0 Å². The average molecular weight is 1590 g/mol. The summed E-state index contributed by atoms with van der Waals surface area (Å²) in [5, 5.41) is 14.3. The lowest BCUT2D eigenvalue weighted by atomic mass is 9.82. The molecule has 0 saturated heterocycles. The van der Waals surface area contributed by atoms with Crippen LogP contribution in [0.2, 0.25) is 10.0 Å². The molecule has 0 bridgehead atoms. The minimum Gasteiger partial charge on any atom is -0.456 e. The highest BCUT2D eigenvalue weighted by Crippen LogP contribution is 2.55. The second kappa shape index (κ2) is 31.4. The lowest BCUT2D eigenvalue weighted by Crippen LogP contribution is -2.16. The summed E-state index contributed by atoms with van der Waals surface area (Å²) in [4.78, 5) is 6.85. The quantitative estimate of drug-likeness (QED) is 0.110. The van der Waals surface area contributed by atoms with Crippen LogP contribution < -0.4 is 29.5 Å². The van der Waals surface area contributed by atoms with Gasteiger partial charge in [-0.3, -0.25) is 0 Å². The highest BCUT2D eigenvalue weighted by Gasteiger charge is 2.38. The number of hydrogen-bond donors (Lipinski definition) is 1. The number of nitrogens with one attached hydrogen (secondary N) is 1. The Morgan fingerprint density at radius 3 is 0.983 bits per heavy atom. The van der Waals surface area contributed by atoms with E-state index in [1.807, 2.05) is 36.4 Å². The molecule has 9 heteroatoms. The van der Waals surface area contributed by atoms with E-state index in [2.05, 4.69) is 428 Å². The standard InChI is InChI=1S/C53H39ClN2O.C33H25BrClNO.C20H15N/c1-53(2)48-31-29-45(35-47(48)46-30-28-44(34-49(46)53)55(40-18-5-3-6-19-40)41-20-7-4-8-21-41)57-51-23-13-22-50(52(51)54)56(42-26-24-36-14-9-11-16-38(36)32-42)43-27-25-37-15-10-12-17-39(37)33-43;1-33(2)28-19-17-25(37-31-15-9-14-30(34)32(31)35)21-27(28)26-18-16-24(20-29(26)33)36(22-10-5-3-6-11-22)23-12-7-4-8-13-23;1-3-7-17-13-19(11-9-15(17)5-1)21-20-12-10-16-6-2-4-8-18(16)14-20/h3-35H,1-2H3;3-21H,1-2H3;1-14,21H. The number of ether oxygens (including phenoxy) is 2. The van der Waals surface area contributed by atoms with Crippen LogP contribution in [0.5, 0.6) is 23.0 Å². The van der Waals surface area contributed by atoms with Crippen molar-refractivity contribution in [3.05, 3.63) is 437 Å². The summed E-state index contributed by atoms with van der Waals surface area (Å²) in [5.41, 5.74) is 21.4. The molecule has 0 aliphatic heterocycles. The summed E-state index contributed by atoms with van der Waals surface area (Å²) >= 11 is 17.4. The number of para-hydroxylation sites is 4. The first-order valence-electron chi connectivity index (χ1n) is 38.7. The molecule has 115 heavy (non-hydrogen) atoms. The van der Waals surface area contributed by atoms with Crippen LogP contribution in [0.4, 0.5) is 62.6 Å². The van der Waals surface area contributed by atoms with Crippen LogP contribution in [-0.4, -0.2) is 0 Å². The Labute approximate surface area is 690 Å². The van der Waals surface area contributed by atoms with Crippen molar-refractivity contribution >= 4 is 145 Å². The van der Waals surface area contributed by atoms with Crippen molar-refractivity contribution in [2.75, 3.05) is 20.0 Å². The Morgan fingerprint density at radius 1 is 0.252 bits per heavy atom. The van der Waals surface area contributed by atoms with Crippen molar-refractivity contribution in [1.82, 2.24) is 0 Å². The molecule has 0 heterocycles. The zero-order valence-corrected chi connectivity index (χ0v) is 67.0. The molecule has 0 spiro atoms. The lowest BCUT2D eigenvalue weighted by molar-refractivity contribution is 0.482. The molecule has 0 atom stereocenters. The molecular formula is C106H79BrCl2N4O2. The topological polar surface area (TPSA) is 40.2 Å². The minimum atomic E-state index is -0.212. The molecule has 18 aromatic rings. The van der Waals surface area contributed by atoms with Gasteiger partial charge in [-0.1, -0.05) is 281 Å². The zero-order chi connectivity index (χ0) is 78.2. The van der Waals surface area contributed by atoms with E-state index in [1.54, 1.807) is 0 Å². The number of hydrogen-bond acceptors (Lipinski definition) is 6. The maximum atomic E-state index is 7.41. The number of anilines is 11. The van der Waals surface area contributed by atoms with Gasteiger partial charge in [0.1, 0.15) is 28.0 Å². The Kier molecular flexibility index (Phi) is 20.1. The predicted octanol–water partition coefficient (Wildman–Crippen LogP) is 32.1. The first kappa shape index (κ1) is 73.3. The highest BCUT2D eigenvalue weighted by molar-refractivity contribution is 9.10. The van der Waals surface area contributed by atoms with Crippen LogP contribution in [0.1, 0.15) is 49.9 Å². The molecule has 1 N–H and O–H groups in total. The van der Waals surface area contributed by atoms with Crippen LogP contribution in [0.25, 0.3) is 65.3 Å². The number of nitrogens with zero attached hydrogens (tertiary/aromatic N) is 3. The van der Waals surface area contributed by atoms with Gasteiger partial charge in [0.15, 0.2) is 0 Å². The second-order valence-electron chi connectivity index (χ2n) is 30.1. The monoisotopic (exact) mass is 1590 g/mol. The third-order valence-corrected chi connectivity index (χ3v) is 23.8. The third kappa shape index (κ3) is 14.7. The fourth-order valence-corrected chi connectivity index (χ4v) is 17.1. The molecule has 18 aromatic carbocycles. The molecule has 2 aliphatic rings. The molecule has 556 valence electrons. The SMILES string of the molecule is CC1(C)c2ccc(Oc3cccc(Br)c3Cl)cc2-c2ccc(N(c3ccccc3)c3ccccc3)cc21.CC1(C)c2ccc(Oc3cccc(N(c4ccc5ccccc5c4)c4ccc5ccccc5c4)c3Cl)cc2-c2ccc(N(c3ccccc3)c3ccccc3)cc21.c1ccc2cc(Nc3ccc4ccccc4c3)ccc2c1. The van der Waals surface area contributed by atoms with Gasteiger partial charge >= 0.3 is 0 Å². The van der Waals surface area contributed by atoms with E-state index in [4.69, 9.17) is 32.7 Å². The Morgan fingerprint density at radius 2 is 0.583 bits per heavy atom. The fourth-order valence-electron chi connectivity index (χ4n) is 16.4. The van der Waals surface area contributed by atoms with Crippen molar-refractivity contribution in [1.29, 1.82) is 0 Å². The van der Waals surface area contributed by atoms with Crippen LogP contribution in [0.15, 0.2) is 405 Å². The van der Waals surface area contributed by atoms with E-state index in [9.17, 15) is 0 Å². The summed E-state index contributed by atoms with van der Waals surface area (Å²) in [7, 11) is 0. The predicted molar refractivity (Wildman–Crippen MR) is 489 cm³/mol. The molecule has 0 radical (unpaired) electrons. The van der Waals surface area contributed by atoms with E-state index in [0.717, 1.165) is 89.3 Å². The summed E-state index contributed by atoms with van der Waals surface area (Å²) in [6.45, 7) is 9.21. The van der Waals surface area contributed by atoms with Gasteiger partial charge in [0.25, 0.3) is 0 Å². The summed E-state index contributed by atoms with van der Waals surface area (Å²) in [6, 6.07) is 140. The van der Waals surface area contributed by atoms with Gasteiger partial charge in [-0.15, -0.1) is 0 Å².